The summed E-state index contributed by atoms with van der Waals surface area (Å²) in [5.74, 6) is -0.311. The van der Waals surface area contributed by atoms with Crippen molar-refractivity contribution >= 4 is 5.91 Å². The van der Waals surface area contributed by atoms with Crippen molar-refractivity contribution in [2.45, 2.75) is 31.4 Å². The summed E-state index contributed by atoms with van der Waals surface area (Å²) in [5.41, 5.74) is 4.90. The molecule has 0 spiro atoms. The normalized spacial score (nSPS) is 17.5. The summed E-state index contributed by atoms with van der Waals surface area (Å²) in [6.45, 7) is 1.25. The minimum atomic E-state index is -0.719. The van der Waals surface area contributed by atoms with Gasteiger partial charge in [0, 0.05) is 13.1 Å². The molecule has 1 aromatic heterocycles. The van der Waals surface area contributed by atoms with Gasteiger partial charge in [0.1, 0.15) is 0 Å². The van der Waals surface area contributed by atoms with Crippen LogP contribution in [0.2, 0.25) is 0 Å². The van der Waals surface area contributed by atoms with E-state index in [-0.39, 0.29) is 18.1 Å². The number of nitrogens with zero attached hydrogens (tertiary/aromatic N) is 3. The summed E-state index contributed by atoms with van der Waals surface area (Å²) in [6, 6.07) is 0. The first kappa shape index (κ1) is 12.0. The van der Waals surface area contributed by atoms with Crippen molar-refractivity contribution < 1.29 is 9.90 Å². The van der Waals surface area contributed by atoms with Crippen LogP contribution in [0.5, 0.6) is 0 Å². The van der Waals surface area contributed by atoms with Crippen LogP contribution in [0, 0.1) is 0 Å². The van der Waals surface area contributed by atoms with E-state index in [2.05, 4.69) is 15.6 Å². The highest BCUT2D eigenvalue weighted by molar-refractivity contribution is 5.91. The van der Waals surface area contributed by atoms with Crippen molar-refractivity contribution in [3.8, 4) is 0 Å². The number of carbonyl (C=O) groups is 1. The maximum absolute atomic E-state index is 11.7. The molecular formula is C10H17N5O2. The number of nitrogens with two attached hydrogens (primary N) is 1. The van der Waals surface area contributed by atoms with E-state index >= 15 is 0 Å². The molecule has 1 aliphatic rings. The van der Waals surface area contributed by atoms with E-state index in [9.17, 15) is 9.90 Å². The fourth-order valence-corrected chi connectivity index (χ4v) is 1.74. The Kier molecular flexibility index (Phi) is 3.39. The molecule has 1 amide bonds. The molecule has 1 aliphatic carbocycles. The zero-order chi connectivity index (χ0) is 12.3. The molecule has 7 nitrogen and oxygen atoms in total. The third kappa shape index (κ3) is 2.80. The highest BCUT2D eigenvalue weighted by Crippen LogP contribution is 2.30. The number of aromatic nitrogens is 3. The van der Waals surface area contributed by atoms with Crippen molar-refractivity contribution in [2.24, 2.45) is 5.73 Å². The van der Waals surface area contributed by atoms with Crippen LogP contribution in [0.1, 0.15) is 29.8 Å². The topological polar surface area (TPSA) is 106 Å². The molecule has 0 radical (unpaired) electrons. The lowest BCUT2D eigenvalue weighted by molar-refractivity contribution is -0.0300. The Hall–Kier alpha value is -1.47. The number of aliphatic hydroxyl groups is 1. The molecule has 0 saturated heterocycles. The Labute approximate surface area is 99.0 Å². The van der Waals surface area contributed by atoms with Gasteiger partial charge in [-0.3, -0.25) is 9.48 Å². The molecule has 7 heteroatoms. The fourth-order valence-electron chi connectivity index (χ4n) is 1.74. The summed E-state index contributed by atoms with van der Waals surface area (Å²) >= 11 is 0. The quantitative estimate of drug-likeness (QED) is 0.603. The van der Waals surface area contributed by atoms with Gasteiger partial charge in [-0.05, 0) is 19.3 Å². The average molecular weight is 239 g/mol. The second kappa shape index (κ2) is 4.80. The molecule has 94 valence electrons. The van der Waals surface area contributed by atoms with Crippen LogP contribution in [-0.4, -0.2) is 44.7 Å². The van der Waals surface area contributed by atoms with Crippen LogP contribution < -0.4 is 11.1 Å². The van der Waals surface area contributed by atoms with Crippen LogP contribution in [0.15, 0.2) is 6.20 Å². The molecule has 2 rings (SSSR count). The van der Waals surface area contributed by atoms with Crippen LogP contribution >= 0.6 is 0 Å². The van der Waals surface area contributed by atoms with Crippen molar-refractivity contribution in [3.05, 3.63) is 11.9 Å². The van der Waals surface area contributed by atoms with E-state index in [4.69, 9.17) is 5.73 Å². The molecule has 1 aromatic rings. The number of rotatable bonds is 5. The van der Waals surface area contributed by atoms with Gasteiger partial charge in [-0.2, -0.15) is 0 Å². The maximum Gasteiger partial charge on any atom is 0.273 e. The van der Waals surface area contributed by atoms with Crippen LogP contribution in [0.3, 0.4) is 0 Å². The largest absolute Gasteiger partial charge is 0.388 e. The van der Waals surface area contributed by atoms with Crippen molar-refractivity contribution in [1.29, 1.82) is 0 Å². The van der Waals surface area contributed by atoms with E-state index in [1.807, 2.05) is 0 Å². The third-order valence-electron chi connectivity index (χ3n) is 2.99. The van der Waals surface area contributed by atoms with Crippen molar-refractivity contribution in [2.75, 3.05) is 13.1 Å². The van der Waals surface area contributed by atoms with Crippen molar-refractivity contribution in [1.82, 2.24) is 20.3 Å². The van der Waals surface area contributed by atoms with Gasteiger partial charge < -0.3 is 16.2 Å². The molecule has 4 N–H and O–H groups in total. The molecule has 0 unspecified atom stereocenters. The molecule has 0 bridgehead atoms. The maximum atomic E-state index is 11.7. The second-order valence-electron chi connectivity index (χ2n) is 4.42. The van der Waals surface area contributed by atoms with Gasteiger partial charge in [0.15, 0.2) is 5.69 Å². The fraction of sp³-hybridized carbons (Fsp3) is 0.700. The van der Waals surface area contributed by atoms with Gasteiger partial charge in [-0.1, -0.05) is 5.21 Å². The molecule has 0 atom stereocenters. The number of hydrogen-bond donors (Lipinski definition) is 3. The van der Waals surface area contributed by atoms with Gasteiger partial charge in [0.25, 0.3) is 5.91 Å². The molecule has 1 fully saturated rings. The summed E-state index contributed by atoms with van der Waals surface area (Å²) in [6.07, 6.45) is 4.05. The predicted molar refractivity (Wildman–Crippen MR) is 60.2 cm³/mol. The number of carbonyl (C=O) groups excluding carboxylic acids is 1. The Morgan fingerprint density at radius 1 is 1.65 bits per heavy atom. The van der Waals surface area contributed by atoms with E-state index < -0.39 is 5.60 Å². The lowest BCUT2D eigenvalue weighted by atomic mass is 9.80. The molecule has 0 aliphatic heterocycles. The van der Waals surface area contributed by atoms with E-state index in [1.165, 1.54) is 4.68 Å². The third-order valence-corrected chi connectivity index (χ3v) is 2.99. The van der Waals surface area contributed by atoms with E-state index in [0.29, 0.717) is 13.1 Å². The smallest absolute Gasteiger partial charge is 0.273 e. The number of nitrogens with one attached hydrogen (secondary N) is 1. The summed E-state index contributed by atoms with van der Waals surface area (Å²) in [5, 5.41) is 20.0. The lowest BCUT2D eigenvalue weighted by Gasteiger charge is -2.36. The standard InChI is InChI=1S/C10H17N5O2/c11-4-5-15-6-8(13-14-15)9(16)12-7-10(17)2-1-3-10/h6,17H,1-5,7,11H2,(H,12,16). The van der Waals surface area contributed by atoms with Crippen LogP contribution in [-0.2, 0) is 6.54 Å². The first-order valence-electron chi connectivity index (χ1n) is 5.74. The number of hydrogen-bond acceptors (Lipinski definition) is 5. The highest BCUT2D eigenvalue weighted by Gasteiger charge is 2.34. The first-order chi connectivity index (χ1) is 8.13. The molecular weight excluding hydrogens is 222 g/mol. The van der Waals surface area contributed by atoms with E-state index in [1.54, 1.807) is 6.20 Å². The predicted octanol–water partition coefficient (Wildman–Crippen LogP) is -1.12. The zero-order valence-electron chi connectivity index (χ0n) is 9.59. The Morgan fingerprint density at radius 3 is 3.00 bits per heavy atom. The summed E-state index contributed by atoms with van der Waals surface area (Å²) in [7, 11) is 0. The Morgan fingerprint density at radius 2 is 2.41 bits per heavy atom. The van der Waals surface area contributed by atoms with Crippen LogP contribution in [0.25, 0.3) is 0 Å². The summed E-state index contributed by atoms with van der Waals surface area (Å²) < 4.78 is 1.52. The zero-order valence-corrected chi connectivity index (χ0v) is 9.59. The van der Waals surface area contributed by atoms with Gasteiger partial charge in [0.05, 0.1) is 18.3 Å². The van der Waals surface area contributed by atoms with Gasteiger partial charge in [-0.15, -0.1) is 5.10 Å². The number of amides is 1. The second-order valence-corrected chi connectivity index (χ2v) is 4.42. The van der Waals surface area contributed by atoms with Crippen molar-refractivity contribution in [3.63, 3.8) is 0 Å². The monoisotopic (exact) mass is 239 g/mol. The minimum absolute atomic E-state index is 0.251. The molecule has 1 heterocycles. The average Bonchev–Trinajstić information content (AvgIpc) is 2.72. The first-order valence-corrected chi connectivity index (χ1v) is 5.74. The van der Waals surface area contributed by atoms with Gasteiger partial charge in [-0.25, -0.2) is 0 Å². The SMILES string of the molecule is NCCn1cc(C(=O)NCC2(O)CCC2)nn1. The van der Waals surface area contributed by atoms with Gasteiger partial charge in [0.2, 0.25) is 0 Å². The van der Waals surface area contributed by atoms with E-state index in [0.717, 1.165) is 19.3 Å². The minimum Gasteiger partial charge on any atom is -0.388 e. The lowest BCUT2D eigenvalue weighted by Crippen LogP contribution is -2.47. The Bertz CT molecular complexity index is 399. The molecule has 0 aromatic carbocycles. The van der Waals surface area contributed by atoms with Crippen LogP contribution in [0.4, 0.5) is 0 Å². The van der Waals surface area contributed by atoms with Gasteiger partial charge >= 0.3 is 0 Å². The molecule has 1 saturated carbocycles. The highest BCUT2D eigenvalue weighted by atomic mass is 16.3. The summed E-state index contributed by atoms with van der Waals surface area (Å²) in [4.78, 5) is 11.7. The molecule has 17 heavy (non-hydrogen) atoms. The Balaban J connectivity index is 1.85.